The average molecular weight is 257 g/mol. The topological polar surface area (TPSA) is 55.6 Å². The van der Waals surface area contributed by atoms with Crippen LogP contribution in [-0.4, -0.2) is 32.8 Å². The molecule has 1 aliphatic rings. The summed E-state index contributed by atoms with van der Waals surface area (Å²) in [6, 6.07) is 10.8. The van der Waals surface area contributed by atoms with Gasteiger partial charge in [-0.25, -0.2) is 0 Å². The third kappa shape index (κ3) is 3.17. The highest BCUT2D eigenvalue weighted by Crippen LogP contribution is 2.19. The van der Waals surface area contributed by atoms with Crippen molar-refractivity contribution < 1.29 is 0 Å². The minimum atomic E-state index is 0.536. The second-order valence-corrected chi connectivity index (χ2v) is 5.33. The summed E-state index contributed by atoms with van der Waals surface area (Å²) in [7, 11) is 0. The van der Waals surface area contributed by atoms with Crippen molar-refractivity contribution in [1.29, 1.82) is 0 Å². The van der Waals surface area contributed by atoms with Crippen molar-refractivity contribution in [2.24, 2.45) is 5.92 Å². The Kier molecular flexibility index (Phi) is 3.55. The smallest absolute Gasteiger partial charge is 0.157 e. The first-order valence-electron chi connectivity index (χ1n) is 6.89. The quantitative estimate of drug-likeness (QED) is 0.854. The number of hydrogen-bond donors (Lipinski definition) is 1. The minimum Gasteiger partial charge on any atom is -0.314 e. The van der Waals surface area contributed by atoms with E-state index in [0.717, 1.165) is 30.5 Å². The molecule has 0 aliphatic heterocycles. The second kappa shape index (κ2) is 5.48. The van der Waals surface area contributed by atoms with E-state index in [0.29, 0.717) is 5.92 Å². The zero-order valence-corrected chi connectivity index (χ0v) is 11.2. The Morgan fingerprint density at radius 1 is 1.32 bits per heavy atom. The van der Waals surface area contributed by atoms with E-state index in [9.17, 15) is 0 Å². The summed E-state index contributed by atoms with van der Waals surface area (Å²) >= 11 is 0. The molecule has 1 atom stereocenters. The molecule has 1 aromatic carbocycles. The zero-order chi connectivity index (χ0) is 13.1. The molecule has 3 rings (SSSR count). The first-order valence-corrected chi connectivity index (χ1v) is 6.89. The van der Waals surface area contributed by atoms with Crippen molar-refractivity contribution >= 4 is 0 Å². The van der Waals surface area contributed by atoms with Gasteiger partial charge in [-0.05, 0) is 47.9 Å². The van der Waals surface area contributed by atoms with E-state index in [1.165, 1.54) is 12.8 Å². The van der Waals surface area contributed by atoms with Crippen molar-refractivity contribution in [1.82, 2.24) is 25.5 Å². The van der Waals surface area contributed by atoms with Crippen molar-refractivity contribution in [3.05, 3.63) is 36.2 Å². The maximum Gasteiger partial charge on any atom is 0.157 e. The van der Waals surface area contributed by atoms with Crippen LogP contribution >= 0.6 is 0 Å². The predicted molar refractivity (Wildman–Crippen MR) is 73.0 cm³/mol. The molecule has 0 saturated heterocycles. The van der Waals surface area contributed by atoms with Crippen LogP contribution in [0, 0.1) is 5.92 Å². The number of aromatic nitrogens is 4. The first kappa shape index (κ1) is 12.3. The summed E-state index contributed by atoms with van der Waals surface area (Å²) in [6.07, 6.45) is 3.55. The van der Waals surface area contributed by atoms with Gasteiger partial charge in [0.2, 0.25) is 0 Å². The van der Waals surface area contributed by atoms with Crippen molar-refractivity contribution in [2.75, 3.05) is 6.54 Å². The van der Waals surface area contributed by atoms with E-state index in [1.54, 1.807) is 0 Å². The molecule has 5 nitrogen and oxygen atoms in total. The molecule has 0 spiro atoms. The number of benzene rings is 1. The van der Waals surface area contributed by atoms with Gasteiger partial charge >= 0.3 is 0 Å². The summed E-state index contributed by atoms with van der Waals surface area (Å²) in [5, 5.41) is 15.6. The number of rotatable bonds is 6. The SMILES string of the molecule is CC(CNC1CC1)Cc1nnnn1-c1ccccc1. The second-order valence-electron chi connectivity index (χ2n) is 5.33. The number of hydrogen-bond acceptors (Lipinski definition) is 4. The van der Waals surface area contributed by atoms with Crippen LogP contribution in [-0.2, 0) is 6.42 Å². The van der Waals surface area contributed by atoms with Gasteiger partial charge in [-0.3, -0.25) is 0 Å². The Bertz CT molecular complexity index is 518. The van der Waals surface area contributed by atoms with E-state index in [-0.39, 0.29) is 0 Å². The summed E-state index contributed by atoms with van der Waals surface area (Å²) in [4.78, 5) is 0. The molecule has 1 saturated carbocycles. The van der Waals surface area contributed by atoms with Crippen LogP contribution in [0.1, 0.15) is 25.6 Å². The van der Waals surface area contributed by atoms with E-state index in [1.807, 2.05) is 35.0 Å². The van der Waals surface area contributed by atoms with Crippen LogP contribution in [0.15, 0.2) is 30.3 Å². The maximum absolute atomic E-state index is 4.15. The molecule has 0 amide bonds. The highest BCUT2D eigenvalue weighted by Gasteiger charge is 2.21. The van der Waals surface area contributed by atoms with Gasteiger partial charge < -0.3 is 5.32 Å². The Morgan fingerprint density at radius 2 is 2.11 bits per heavy atom. The van der Waals surface area contributed by atoms with Gasteiger partial charge in [0.05, 0.1) is 5.69 Å². The molecule has 1 heterocycles. The summed E-state index contributed by atoms with van der Waals surface area (Å²) in [5.74, 6) is 1.46. The Hall–Kier alpha value is -1.75. The van der Waals surface area contributed by atoms with Crippen LogP contribution in [0.25, 0.3) is 5.69 Å². The van der Waals surface area contributed by atoms with Crippen molar-refractivity contribution in [2.45, 2.75) is 32.2 Å². The lowest BCUT2D eigenvalue weighted by atomic mass is 10.1. The molecule has 1 aromatic heterocycles. The Balaban J connectivity index is 1.66. The van der Waals surface area contributed by atoms with Gasteiger partial charge in [0.15, 0.2) is 5.82 Å². The third-order valence-electron chi connectivity index (χ3n) is 3.40. The third-order valence-corrected chi connectivity index (χ3v) is 3.40. The lowest BCUT2D eigenvalue weighted by Gasteiger charge is -2.11. The number of tetrazole rings is 1. The predicted octanol–water partition coefficient (Wildman–Crippen LogP) is 1.59. The van der Waals surface area contributed by atoms with Gasteiger partial charge in [0, 0.05) is 12.5 Å². The molecule has 100 valence electrons. The lowest BCUT2D eigenvalue weighted by Crippen LogP contribution is -2.25. The molecule has 19 heavy (non-hydrogen) atoms. The Morgan fingerprint density at radius 3 is 2.84 bits per heavy atom. The lowest BCUT2D eigenvalue weighted by molar-refractivity contribution is 0.494. The highest BCUT2D eigenvalue weighted by atomic mass is 15.5. The molecule has 1 N–H and O–H groups in total. The van der Waals surface area contributed by atoms with E-state index in [4.69, 9.17) is 0 Å². The molecule has 5 heteroatoms. The maximum atomic E-state index is 4.15. The summed E-state index contributed by atoms with van der Waals surface area (Å²) < 4.78 is 1.83. The number of nitrogens with zero attached hydrogens (tertiary/aromatic N) is 4. The van der Waals surface area contributed by atoms with Crippen molar-refractivity contribution in [3.63, 3.8) is 0 Å². The standard InChI is InChI=1S/C14H19N5/c1-11(10-15-12-7-8-12)9-14-16-17-18-19(14)13-5-3-2-4-6-13/h2-6,11-12,15H,7-10H2,1H3. The molecular weight excluding hydrogens is 238 g/mol. The van der Waals surface area contributed by atoms with Crippen LogP contribution in [0.3, 0.4) is 0 Å². The molecule has 1 fully saturated rings. The molecule has 0 radical (unpaired) electrons. The largest absolute Gasteiger partial charge is 0.314 e. The molecule has 1 aliphatic carbocycles. The number of para-hydroxylation sites is 1. The van der Waals surface area contributed by atoms with Crippen LogP contribution in [0.2, 0.25) is 0 Å². The van der Waals surface area contributed by atoms with Gasteiger partial charge in [-0.1, -0.05) is 25.1 Å². The van der Waals surface area contributed by atoms with Crippen LogP contribution < -0.4 is 5.32 Å². The van der Waals surface area contributed by atoms with Gasteiger partial charge in [-0.2, -0.15) is 4.68 Å². The fourth-order valence-electron chi connectivity index (χ4n) is 2.14. The average Bonchev–Trinajstić information content (AvgIpc) is 3.16. The van der Waals surface area contributed by atoms with E-state index < -0.39 is 0 Å². The van der Waals surface area contributed by atoms with Crippen molar-refractivity contribution in [3.8, 4) is 5.69 Å². The normalized spacial score (nSPS) is 16.5. The van der Waals surface area contributed by atoms with Crippen LogP contribution in [0.4, 0.5) is 0 Å². The minimum absolute atomic E-state index is 0.536. The van der Waals surface area contributed by atoms with Gasteiger partial charge in [-0.15, -0.1) is 5.10 Å². The monoisotopic (exact) mass is 257 g/mol. The summed E-state index contributed by atoms with van der Waals surface area (Å²) in [5.41, 5.74) is 1.02. The fraction of sp³-hybridized carbons (Fsp3) is 0.500. The molecular formula is C14H19N5. The van der Waals surface area contributed by atoms with E-state index in [2.05, 4.69) is 27.8 Å². The molecule has 0 bridgehead atoms. The number of nitrogens with one attached hydrogen (secondary N) is 1. The van der Waals surface area contributed by atoms with Gasteiger partial charge in [0.25, 0.3) is 0 Å². The van der Waals surface area contributed by atoms with Crippen LogP contribution in [0.5, 0.6) is 0 Å². The summed E-state index contributed by atoms with van der Waals surface area (Å²) in [6.45, 7) is 3.27. The molecule has 1 unspecified atom stereocenters. The fourth-order valence-corrected chi connectivity index (χ4v) is 2.14. The van der Waals surface area contributed by atoms with E-state index >= 15 is 0 Å². The first-order chi connectivity index (χ1) is 9.33. The Labute approximate surface area is 113 Å². The van der Waals surface area contributed by atoms with Gasteiger partial charge in [0.1, 0.15) is 0 Å². The molecule has 2 aromatic rings. The highest BCUT2D eigenvalue weighted by molar-refractivity contribution is 5.30. The zero-order valence-electron chi connectivity index (χ0n) is 11.2.